The van der Waals surface area contributed by atoms with Gasteiger partial charge in [-0.05, 0) is 38.5 Å². The number of esters is 2. The number of rotatable bonds is 37. The maximum Gasteiger partial charge on any atom is 0.472 e. The van der Waals surface area contributed by atoms with Gasteiger partial charge in [-0.1, -0.05) is 148 Å². The van der Waals surface area contributed by atoms with E-state index in [0.717, 1.165) is 51.4 Å². The van der Waals surface area contributed by atoms with Crippen molar-refractivity contribution in [3.63, 3.8) is 0 Å². The summed E-state index contributed by atoms with van der Waals surface area (Å²) in [5.41, 5.74) is 5.33. The average Bonchev–Trinajstić information content (AvgIpc) is 3.07. The molecule has 0 aromatic heterocycles. The zero-order valence-electron chi connectivity index (χ0n) is 31.0. The largest absolute Gasteiger partial charge is 0.472 e. The van der Waals surface area contributed by atoms with Gasteiger partial charge in [0.05, 0.1) is 13.2 Å². The Bertz CT molecular complexity index is 810. The zero-order chi connectivity index (χ0) is 35.4. The Morgan fingerprint density at radius 1 is 0.604 bits per heavy atom. The molecule has 0 aliphatic rings. The van der Waals surface area contributed by atoms with Crippen molar-refractivity contribution in [3.05, 3.63) is 12.2 Å². The average molecular weight is 704 g/mol. The van der Waals surface area contributed by atoms with Crippen molar-refractivity contribution in [2.75, 3.05) is 26.4 Å². The van der Waals surface area contributed by atoms with E-state index >= 15 is 0 Å². The minimum atomic E-state index is -4.37. The number of allylic oxidation sites excluding steroid dienone is 2. The molecular weight excluding hydrogens is 629 g/mol. The first-order chi connectivity index (χ1) is 23.3. The van der Waals surface area contributed by atoms with E-state index in [9.17, 15) is 19.0 Å². The number of ether oxygens (including phenoxy) is 2. The molecule has 0 heterocycles. The molecule has 3 N–H and O–H groups in total. The minimum absolute atomic E-state index is 0.0546. The van der Waals surface area contributed by atoms with Crippen LogP contribution in [0.15, 0.2) is 12.2 Å². The molecule has 0 amide bonds. The van der Waals surface area contributed by atoms with Crippen molar-refractivity contribution in [2.45, 2.75) is 193 Å². The summed E-state index contributed by atoms with van der Waals surface area (Å²) in [6.45, 7) is 3.72. The quantitative estimate of drug-likeness (QED) is 0.0280. The first-order valence-corrected chi connectivity index (χ1v) is 21.2. The Morgan fingerprint density at radius 2 is 1.02 bits per heavy atom. The van der Waals surface area contributed by atoms with E-state index in [4.69, 9.17) is 24.3 Å². The molecule has 0 saturated carbocycles. The van der Waals surface area contributed by atoms with E-state index in [2.05, 4.69) is 26.0 Å². The number of nitrogens with two attached hydrogens (primary N) is 1. The highest BCUT2D eigenvalue weighted by Gasteiger charge is 2.25. The van der Waals surface area contributed by atoms with Crippen molar-refractivity contribution < 1.29 is 37.6 Å². The number of unbranched alkanes of at least 4 members (excludes halogenated alkanes) is 22. The molecule has 0 aromatic carbocycles. The van der Waals surface area contributed by atoms with Crippen molar-refractivity contribution in [1.29, 1.82) is 0 Å². The second kappa shape index (κ2) is 35.6. The van der Waals surface area contributed by atoms with Crippen molar-refractivity contribution >= 4 is 19.8 Å². The lowest BCUT2D eigenvalue weighted by molar-refractivity contribution is -0.161. The van der Waals surface area contributed by atoms with Crippen LogP contribution < -0.4 is 5.73 Å². The Balaban J connectivity index is 4.20. The second-order valence-electron chi connectivity index (χ2n) is 13.2. The predicted molar refractivity (Wildman–Crippen MR) is 197 cm³/mol. The van der Waals surface area contributed by atoms with E-state index in [-0.39, 0.29) is 38.6 Å². The van der Waals surface area contributed by atoms with E-state index in [1.165, 1.54) is 103 Å². The number of carbonyl (C=O) groups excluding carboxylic acids is 2. The Labute approximate surface area is 294 Å². The summed E-state index contributed by atoms with van der Waals surface area (Å²) >= 11 is 0. The highest BCUT2D eigenvalue weighted by molar-refractivity contribution is 7.47. The molecule has 0 aromatic rings. The predicted octanol–water partition coefficient (Wildman–Crippen LogP) is 10.7. The van der Waals surface area contributed by atoms with Gasteiger partial charge in [-0.3, -0.25) is 18.6 Å². The maximum absolute atomic E-state index is 12.5. The summed E-state index contributed by atoms with van der Waals surface area (Å²) in [6.07, 6.45) is 33.8. The van der Waals surface area contributed by atoms with Crippen LogP contribution in [0.25, 0.3) is 0 Å². The highest BCUT2D eigenvalue weighted by atomic mass is 31.2. The molecule has 0 bridgehead atoms. The fourth-order valence-electron chi connectivity index (χ4n) is 5.45. The highest BCUT2D eigenvalue weighted by Crippen LogP contribution is 2.43. The minimum Gasteiger partial charge on any atom is -0.462 e. The second-order valence-corrected chi connectivity index (χ2v) is 14.6. The van der Waals surface area contributed by atoms with Crippen LogP contribution in [0, 0.1) is 0 Å². The summed E-state index contributed by atoms with van der Waals surface area (Å²) in [5.74, 6) is -0.833. The van der Waals surface area contributed by atoms with Gasteiger partial charge >= 0.3 is 19.8 Å². The van der Waals surface area contributed by atoms with Gasteiger partial charge in [-0.2, -0.15) is 0 Å². The van der Waals surface area contributed by atoms with Gasteiger partial charge in [0.15, 0.2) is 6.10 Å². The molecule has 0 spiro atoms. The molecule has 48 heavy (non-hydrogen) atoms. The van der Waals surface area contributed by atoms with E-state index in [1.807, 2.05) is 0 Å². The van der Waals surface area contributed by atoms with E-state index < -0.39 is 26.5 Å². The van der Waals surface area contributed by atoms with Gasteiger partial charge in [0.25, 0.3) is 0 Å². The van der Waals surface area contributed by atoms with Crippen LogP contribution in [0.2, 0.25) is 0 Å². The molecule has 284 valence electrons. The first kappa shape index (κ1) is 46.8. The molecule has 10 heteroatoms. The number of phosphoric ester groups is 1. The van der Waals surface area contributed by atoms with Gasteiger partial charge in [-0.15, -0.1) is 0 Å². The summed E-state index contributed by atoms with van der Waals surface area (Å²) in [6, 6.07) is 0. The third-order valence-electron chi connectivity index (χ3n) is 8.40. The molecule has 0 saturated heterocycles. The molecule has 9 nitrogen and oxygen atoms in total. The standard InChI is InChI=1S/C38H74NO8P/c1-3-5-7-9-11-13-15-17-18-19-21-23-25-27-29-31-38(41)47-36(35-46-48(42,43)45-33-32-39)34-44-37(40)30-28-26-24-22-20-16-14-12-10-8-6-4-2/h17-18,36H,3-16,19-35,39H2,1-2H3,(H,42,43)/b18-17-. The van der Waals surface area contributed by atoms with Crippen LogP contribution in [-0.4, -0.2) is 49.3 Å². The SMILES string of the molecule is CCCCCCCC/C=C\CCCCCCCC(=O)OC(COC(=O)CCCCCCCCCCCCCC)COP(=O)(O)OCCN. The topological polar surface area (TPSA) is 134 Å². The molecule has 0 radical (unpaired) electrons. The number of hydrogen-bond donors (Lipinski definition) is 2. The Morgan fingerprint density at radius 3 is 1.48 bits per heavy atom. The summed E-state index contributed by atoms with van der Waals surface area (Å²) in [7, 11) is -4.37. The first-order valence-electron chi connectivity index (χ1n) is 19.7. The van der Waals surface area contributed by atoms with Crippen molar-refractivity contribution in [3.8, 4) is 0 Å². The van der Waals surface area contributed by atoms with Crippen LogP contribution in [0.1, 0.15) is 187 Å². The Hall–Kier alpha value is -1.25. The van der Waals surface area contributed by atoms with Gasteiger partial charge in [0.1, 0.15) is 6.61 Å². The lowest BCUT2D eigenvalue weighted by Gasteiger charge is -2.19. The van der Waals surface area contributed by atoms with Gasteiger partial charge in [0.2, 0.25) is 0 Å². The number of carbonyl (C=O) groups is 2. The molecule has 2 atom stereocenters. The molecule has 0 aliphatic carbocycles. The van der Waals surface area contributed by atoms with Crippen LogP contribution >= 0.6 is 7.82 Å². The molecule has 0 aliphatic heterocycles. The van der Waals surface area contributed by atoms with Crippen molar-refractivity contribution in [1.82, 2.24) is 0 Å². The van der Waals surface area contributed by atoms with Gasteiger partial charge in [-0.25, -0.2) is 4.57 Å². The summed E-state index contributed by atoms with van der Waals surface area (Å²) in [4.78, 5) is 34.7. The van der Waals surface area contributed by atoms with E-state index in [1.54, 1.807) is 0 Å². The fourth-order valence-corrected chi connectivity index (χ4v) is 6.22. The van der Waals surface area contributed by atoms with Crippen LogP contribution in [-0.2, 0) is 32.7 Å². The Kier molecular flexibility index (Phi) is 34.6. The van der Waals surface area contributed by atoms with Gasteiger partial charge < -0.3 is 20.1 Å². The molecule has 0 fully saturated rings. The third-order valence-corrected chi connectivity index (χ3v) is 9.39. The monoisotopic (exact) mass is 704 g/mol. The smallest absolute Gasteiger partial charge is 0.462 e. The summed E-state index contributed by atoms with van der Waals surface area (Å²) < 4.78 is 32.6. The fraction of sp³-hybridized carbons (Fsp3) is 0.895. The lowest BCUT2D eigenvalue weighted by atomic mass is 10.0. The maximum atomic E-state index is 12.5. The van der Waals surface area contributed by atoms with Crippen LogP contribution in [0.5, 0.6) is 0 Å². The molecule has 2 unspecified atom stereocenters. The van der Waals surface area contributed by atoms with Crippen LogP contribution in [0.4, 0.5) is 0 Å². The summed E-state index contributed by atoms with van der Waals surface area (Å²) in [5, 5.41) is 0. The van der Waals surface area contributed by atoms with Crippen LogP contribution in [0.3, 0.4) is 0 Å². The molecular formula is C38H74NO8P. The number of phosphoric acid groups is 1. The van der Waals surface area contributed by atoms with Crippen molar-refractivity contribution in [2.24, 2.45) is 5.73 Å². The molecule has 0 rings (SSSR count). The number of hydrogen-bond acceptors (Lipinski definition) is 8. The normalized spacial score (nSPS) is 13.5. The van der Waals surface area contributed by atoms with E-state index in [0.29, 0.717) is 6.42 Å². The lowest BCUT2D eigenvalue weighted by Crippen LogP contribution is -2.29. The van der Waals surface area contributed by atoms with Gasteiger partial charge in [0, 0.05) is 19.4 Å². The third kappa shape index (κ3) is 34.6. The zero-order valence-corrected chi connectivity index (χ0v) is 31.9.